The van der Waals surface area contributed by atoms with Gasteiger partial charge in [-0.1, -0.05) is 0 Å². The first-order chi connectivity index (χ1) is 8.20. The van der Waals surface area contributed by atoms with E-state index in [0.717, 1.165) is 5.56 Å². The van der Waals surface area contributed by atoms with Gasteiger partial charge in [0.15, 0.2) is 11.6 Å². The Balaban J connectivity index is 2.11. The maximum absolute atomic E-state index is 5.67. The summed E-state index contributed by atoms with van der Waals surface area (Å²) >= 11 is 0. The number of nitrogens with zero attached hydrogens (tertiary/aromatic N) is 4. The van der Waals surface area contributed by atoms with E-state index < -0.39 is 0 Å². The molecule has 2 rings (SSSR count). The first kappa shape index (κ1) is 11.2. The first-order valence-corrected chi connectivity index (χ1v) is 5.06. The number of nitrogen functional groups attached to an aromatic ring is 1. The molecule has 17 heavy (non-hydrogen) atoms. The number of hydrogen-bond donors (Lipinski definition) is 2. The van der Waals surface area contributed by atoms with Crippen LogP contribution >= 0.6 is 0 Å². The minimum absolute atomic E-state index is 0.316. The second-order valence-corrected chi connectivity index (χ2v) is 3.52. The van der Waals surface area contributed by atoms with Crippen molar-refractivity contribution in [3.8, 4) is 5.75 Å². The molecule has 90 valence electrons. The highest BCUT2D eigenvalue weighted by molar-refractivity contribution is 5.61. The predicted octanol–water partition coefficient (Wildman–Crippen LogP) is 0.413. The Hall–Kier alpha value is -2.31. The van der Waals surface area contributed by atoms with E-state index in [0.29, 0.717) is 23.9 Å². The summed E-state index contributed by atoms with van der Waals surface area (Å²) in [7, 11) is 3.40. The normalized spacial score (nSPS) is 10.2. The van der Waals surface area contributed by atoms with Gasteiger partial charge in [-0.2, -0.15) is 5.10 Å². The monoisotopic (exact) mass is 234 g/mol. The highest BCUT2D eigenvalue weighted by atomic mass is 16.5. The standard InChI is InChI=1S/C10H14N6O/c1-16-5-7(4-15-16)3-12-10-8(17-2)9(11)13-6-14-10/h4-6H,3H2,1-2H3,(H3,11,12,13,14). The molecule has 0 unspecified atom stereocenters. The van der Waals surface area contributed by atoms with Gasteiger partial charge in [-0.3, -0.25) is 4.68 Å². The molecule has 0 aliphatic rings. The van der Waals surface area contributed by atoms with Crippen LogP contribution in [-0.4, -0.2) is 26.9 Å². The lowest BCUT2D eigenvalue weighted by Gasteiger charge is -2.09. The van der Waals surface area contributed by atoms with E-state index in [9.17, 15) is 0 Å². The quantitative estimate of drug-likeness (QED) is 0.796. The van der Waals surface area contributed by atoms with E-state index in [1.54, 1.807) is 10.9 Å². The van der Waals surface area contributed by atoms with Crippen LogP contribution < -0.4 is 15.8 Å². The Labute approximate surface area is 98.6 Å². The van der Waals surface area contributed by atoms with Crippen molar-refractivity contribution in [2.24, 2.45) is 7.05 Å². The van der Waals surface area contributed by atoms with Crippen molar-refractivity contribution < 1.29 is 4.74 Å². The molecule has 0 aromatic carbocycles. The summed E-state index contributed by atoms with van der Waals surface area (Å²) < 4.78 is 6.88. The van der Waals surface area contributed by atoms with Crippen molar-refractivity contribution in [2.75, 3.05) is 18.2 Å². The van der Waals surface area contributed by atoms with E-state index in [1.165, 1.54) is 13.4 Å². The Morgan fingerprint density at radius 3 is 2.94 bits per heavy atom. The van der Waals surface area contributed by atoms with E-state index >= 15 is 0 Å². The highest BCUT2D eigenvalue weighted by Gasteiger charge is 2.09. The van der Waals surface area contributed by atoms with Gasteiger partial charge in [0.05, 0.1) is 13.3 Å². The van der Waals surface area contributed by atoms with E-state index in [1.807, 2.05) is 13.2 Å². The molecule has 2 aromatic rings. The third-order valence-electron chi connectivity index (χ3n) is 2.25. The van der Waals surface area contributed by atoms with Crippen LogP contribution in [0.4, 0.5) is 11.6 Å². The van der Waals surface area contributed by atoms with Crippen molar-refractivity contribution in [1.82, 2.24) is 19.7 Å². The van der Waals surface area contributed by atoms with E-state index in [2.05, 4.69) is 20.4 Å². The Morgan fingerprint density at radius 1 is 1.47 bits per heavy atom. The van der Waals surface area contributed by atoms with Gasteiger partial charge >= 0.3 is 0 Å². The molecule has 0 aliphatic heterocycles. The lowest BCUT2D eigenvalue weighted by Crippen LogP contribution is -2.06. The molecular formula is C10H14N6O. The number of nitrogens with one attached hydrogen (secondary N) is 1. The molecular weight excluding hydrogens is 220 g/mol. The largest absolute Gasteiger partial charge is 0.490 e. The molecule has 7 heteroatoms. The van der Waals surface area contributed by atoms with Crippen molar-refractivity contribution in [1.29, 1.82) is 0 Å². The second kappa shape index (κ2) is 4.69. The molecule has 0 aliphatic carbocycles. The molecule has 0 spiro atoms. The van der Waals surface area contributed by atoms with Crippen LogP contribution in [0.2, 0.25) is 0 Å². The van der Waals surface area contributed by atoms with Gasteiger partial charge < -0.3 is 15.8 Å². The molecule has 0 atom stereocenters. The smallest absolute Gasteiger partial charge is 0.203 e. The number of ether oxygens (including phenoxy) is 1. The fraction of sp³-hybridized carbons (Fsp3) is 0.300. The van der Waals surface area contributed by atoms with Gasteiger partial charge in [-0.05, 0) is 0 Å². The molecule has 0 radical (unpaired) electrons. The summed E-state index contributed by atoms with van der Waals surface area (Å²) in [6, 6.07) is 0. The average Bonchev–Trinajstić information content (AvgIpc) is 2.72. The SMILES string of the molecule is COc1c(N)ncnc1NCc1cnn(C)c1. The summed E-state index contributed by atoms with van der Waals surface area (Å²) in [6.45, 7) is 0.598. The van der Waals surface area contributed by atoms with Gasteiger partial charge in [0, 0.05) is 25.4 Å². The number of methoxy groups -OCH3 is 1. The molecule has 2 heterocycles. The number of anilines is 2. The van der Waals surface area contributed by atoms with Crippen molar-refractivity contribution >= 4 is 11.6 Å². The molecule has 0 saturated carbocycles. The van der Waals surface area contributed by atoms with Gasteiger partial charge in [0.2, 0.25) is 5.75 Å². The fourth-order valence-electron chi connectivity index (χ4n) is 1.46. The predicted molar refractivity (Wildman–Crippen MR) is 63.5 cm³/mol. The molecule has 2 aromatic heterocycles. The zero-order chi connectivity index (χ0) is 12.3. The van der Waals surface area contributed by atoms with Crippen LogP contribution in [0, 0.1) is 0 Å². The summed E-state index contributed by atoms with van der Waals surface area (Å²) in [4.78, 5) is 7.93. The molecule has 3 N–H and O–H groups in total. The minimum atomic E-state index is 0.316. The van der Waals surface area contributed by atoms with Crippen LogP contribution in [0.25, 0.3) is 0 Å². The zero-order valence-electron chi connectivity index (χ0n) is 9.71. The minimum Gasteiger partial charge on any atom is -0.490 e. The number of nitrogens with two attached hydrogens (primary N) is 1. The Morgan fingerprint density at radius 2 is 2.29 bits per heavy atom. The lowest BCUT2D eigenvalue weighted by atomic mass is 10.3. The third kappa shape index (κ3) is 2.44. The van der Waals surface area contributed by atoms with E-state index in [-0.39, 0.29) is 0 Å². The van der Waals surface area contributed by atoms with Crippen molar-refractivity contribution in [3.05, 3.63) is 24.3 Å². The van der Waals surface area contributed by atoms with Crippen LogP contribution in [0.15, 0.2) is 18.7 Å². The van der Waals surface area contributed by atoms with Gasteiger partial charge in [-0.15, -0.1) is 0 Å². The maximum Gasteiger partial charge on any atom is 0.203 e. The molecule has 0 amide bonds. The molecule has 0 saturated heterocycles. The topological polar surface area (TPSA) is 90.9 Å². The maximum atomic E-state index is 5.67. The van der Waals surface area contributed by atoms with Crippen molar-refractivity contribution in [3.63, 3.8) is 0 Å². The summed E-state index contributed by atoms with van der Waals surface area (Å²) in [5.41, 5.74) is 6.72. The zero-order valence-corrected chi connectivity index (χ0v) is 9.71. The van der Waals surface area contributed by atoms with Gasteiger partial charge in [0.25, 0.3) is 0 Å². The average molecular weight is 234 g/mol. The Kier molecular flexibility index (Phi) is 3.08. The third-order valence-corrected chi connectivity index (χ3v) is 2.25. The fourth-order valence-corrected chi connectivity index (χ4v) is 1.46. The van der Waals surface area contributed by atoms with Crippen LogP contribution in [0.1, 0.15) is 5.56 Å². The van der Waals surface area contributed by atoms with Crippen LogP contribution in [0.3, 0.4) is 0 Å². The second-order valence-electron chi connectivity index (χ2n) is 3.52. The van der Waals surface area contributed by atoms with Gasteiger partial charge in [0.1, 0.15) is 6.33 Å². The van der Waals surface area contributed by atoms with Crippen LogP contribution in [0.5, 0.6) is 5.75 Å². The summed E-state index contributed by atoms with van der Waals surface area (Å²) in [5.74, 6) is 1.34. The summed E-state index contributed by atoms with van der Waals surface area (Å²) in [5, 5.41) is 7.20. The van der Waals surface area contributed by atoms with Crippen LogP contribution in [-0.2, 0) is 13.6 Å². The first-order valence-electron chi connectivity index (χ1n) is 5.06. The molecule has 0 fully saturated rings. The number of aromatic nitrogens is 4. The molecule has 7 nitrogen and oxygen atoms in total. The lowest BCUT2D eigenvalue weighted by molar-refractivity contribution is 0.415. The summed E-state index contributed by atoms with van der Waals surface area (Å²) in [6.07, 6.45) is 5.09. The number of rotatable bonds is 4. The Bertz CT molecular complexity index is 509. The van der Waals surface area contributed by atoms with Gasteiger partial charge in [-0.25, -0.2) is 9.97 Å². The highest BCUT2D eigenvalue weighted by Crippen LogP contribution is 2.26. The number of hydrogen-bond acceptors (Lipinski definition) is 6. The molecule has 0 bridgehead atoms. The number of aryl methyl sites for hydroxylation is 1. The van der Waals surface area contributed by atoms with Crippen molar-refractivity contribution in [2.45, 2.75) is 6.54 Å². The van der Waals surface area contributed by atoms with E-state index in [4.69, 9.17) is 10.5 Å².